The number of carboxylic acid groups (broad SMARTS) is 2. The first kappa shape index (κ1) is 19.7. The molecule has 0 atom stereocenters. The van der Waals surface area contributed by atoms with Gasteiger partial charge in [0.05, 0.1) is 0 Å². The van der Waals surface area contributed by atoms with Crippen LogP contribution >= 0.6 is 0 Å². The van der Waals surface area contributed by atoms with Crippen molar-refractivity contribution in [3.63, 3.8) is 0 Å². The molecule has 0 saturated carbocycles. The van der Waals surface area contributed by atoms with Gasteiger partial charge < -0.3 is 10.2 Å². The van der Waals surface area contributed by atoms with Crippen LogP contribution in [0.5, 0.6) is 0 Å². The topological polar surface area (TPSA) is 74.6 Å². The number of fused-ring (bicyclic) bond motifs is 1. The van der Waals surface area contributed by atoms with Crippen LogP contribution in [-0.2, 0) is 16.0 Å². The Kier molecular flexibility index (Phi) is 6.96. The van der Waals surface area contributed by atoms with E-state index in [1.165, 1.54) is 0 Å². The summed E-state index contributed by atoms with van der Waals surface area (Å²) in [4.78, 5) is 23.5. The van der Waals surface area contributed by atoms with Gasteiger partial charge in [0, 0.05) is 0 Å². The third-order valence-corrected chi connectivity index (χ3v) is 4.63. The fraction of sp³-hybridized carbons (Fsp3) is 0.364. The van der Waals surface area contributed by atoms with E-state index < -0.39 is 17.5 Å². The average Bonchev–Trinajstić information content (AvgIpc) is 2.62. The van der Waals surface area contributed by atoms with Crippen LogP contribution in [0.4, 0.5) is 0 Å². The average molecular weight is 354 g/mol. The number of carboxylic acids is 2. The molecule has 0 aromatic heterocycles. The molecule has 0 amide bonds. The van der Waals surface area contributed by atoms with Gasteiger partial charge in [0.25, 0.3) is 0 Å². The number of hydrogen-bond acceptors (Lipinski definition) is 2. The molecule has 0 unspecified atom stereocenters. The molecule has 26 heavy (non-hydrogen) atoms. The highest BCUT2D eigenvalue weighted by molar-refractivity contribution is 6.20. The van der Waals surface area contributed by atoms with Gasteiger partial charge in [-0.3, -0.25) is 0 Å². The fourth-order valence-corrected chi connectivity index (χ4v) is 3.33. The van der Waals surface area contributed by atoms with Crippen LogP contribution in [0.2, 0.25) is 0 Å². The van der Waals surface area contributed by atoms with Gasteiger partial charge in [-0.1, -0.05) is 63.1 Å². The molecule has 0 saturated heterocycles. The van der Waals surface area contributed by atoms with Crippen molar-refractivity contribution in [1.82, 2.24) is 0 Å². The van der Waals surface area contributed by atoms with E-state index in [-0.39, 0.29) is 0 Å². The number of aliphatic carboxylic acids is 2. The zero-order chi connectivity index (χ0) is 19.1. The maximum Gasteiger partial charge on any atom is 0.343 e. The van der Waals surface area contributed by atoms with Crippen molar-refractivity contribution < 1.29 is 19.8 Å². The van der Waals surface area contributed by atoms with Gasteiger partial charge in [-0.05, 0) is 53.2 Å². The number of rotatable bonds is 9. The third kappa shape index (κ3) is 4.31. The first-order valence-corrected chi connectivity index (χ1v) is 9.21. The second-order valence-electron chi connectivity index (χ2n) is 6.49. The summed E-state index contributed by atoms with van der Waals surface area (Å²) in [5.74, 6) is -2.75. The summed E-state index contributed by atoms with van der Waals surface area (Å²) in [6.07, 6.45) is 4.85. The number of aryl methyl sites for hydroxylation is 1. The Labute approximate surface area is 154 Å². The SMILES string of the molecule is CCCCC(=C(C(=O)O)C(=O)O)c1c(CCCC)ccc2ccccc12. The van der Waals surface area contributed by atoms with E-state index in [9.17, 15) is 19.8 Å². The molecule has 4 heteroatoms. The predicted octanol–water partition coefficient (Wildman–Crippen LogP) is 5.30. The fourth-order valence-electron chi connectivity index (χ4n) is 3.33. The van der Waals surface area contributed by atoms with E-state index >= 15 is 0 Å². The lowest BCUT2D eigenvalue weighted by atomic mass is 9.86. The number of hydrogen-bond donors (Lipinski definition) is 2. The van der Waals surface area contributed by atoms with E-state index in [1.807, 2.05) is 43.3 Å². The molecule has 0 radical (unpaired) electrons. The molecular formula is C22H26O4. The minimum absolute atomic E-state index is 0.440. The second kappa shape index (κ2) is 9.18. The highest BCUT2D eigenvalue weighted by Crippen LogP contribution is 2.35. The van der Waals surface area contributed by atoms with Crippen molar-refractivity contribution in [3.8, 4) is 0 Å². The largest absolute Gasteiger partial charge is 0.477 e. The Morgan fingerprint density at radius 1 is 0.885 bits per heavy atom. The Hall–Kier alpha value is -2.62. The molecule has 2 aromatic rings. The Morgan fingerprint density at radius 2 is 1.54 bits per heavy atom. The molecule has 0 aliphatic rings. The van der Waals surface area contributed by atoms with Crippen LogP contribution in [0.1, 0.15) is 57.1 Å². The highest BCUT2D eigenvalue weighted by atomic mass is 16.4. The summed E-state index contributed by atoms with van der Waals surface area (Å²) in [6, 6.07) is 11.8. The number of unbranched alkanes of at least 4 members (excludes halogenated alkanes) is 2. The van der Waals surface area contributed by atoms with E-state index in [4.69, 9.17) is 0 Å². The van der Waals surface area contributed by atoms with Crippen molar-refractivity contribution in [1.29, 1.82) is 0 Å². The summed E-state index contributed by atoms with van der Waals surface area (Å²) >= 11 is 0. The molecule has 0 bridgehead atoms. The molecule has 0 fully saturated rings. The van der Waals surface area contributed by atoms with Gasteiger partial charge in [-0.2, -0.15) is 0 Å². The van der Waals surface area contributed by atoms with Crippen molar-refractivity contribution >= 4 is 28.3 Å². The molecule has 2 N–H and O–H groups in total. The van der Waals surface area contributed by atoms with Crippen LogP contribution in [-0.4, -0.2) is 22.2 Å². The summed E-state index contributed by atoms with van der Waals surface area (Å²) in [7, 11) is 0. The van der Waals surface area contributed by atoms with Crippen molar-refractivity contribution in [3.05, 3.63) is 53.1 Å². The standard InChI is InChI=1S/C22H26O4/c1-3-5-9-16-14-13-15-10-7-8-12-17(15)19(16)18(11-6-4-2)20(21(23)24)22(25)26/h7-8,10,12-14H,3-6,9,11H2,1-2H3,(H,23,24)(H,25,26). The molecule has 138 valence electrons. The summed E-state index contributed by atoms with van der Waals surface area (Å²) in [5.41, 5.74) is 1.75. The number of benzene rings is 2. The van der Waals surface area contributed by atoms with Crippen molar-refractivity contribution in [2.75, 3.05) is 0 Å². The maximum absolute atomic E-state index is 11.7. The Balaban J connectivity index is 2.84. The van der Waals surface area contributed by atoms with Crippen LogP contribution in [0.3, 0.4) is 0 Å². The van der Waals surface area contributed by atoms with Crippen molar-refractivity contribution in [2.45, 2.75) is 52.4 Å². The molecule has 4 nitrogen and oxygen atoms in total. The number of carbonyl (C=O) groups is 2. The first-order chi connectivity index (χ1) is 12.5. The molecule has 2 rings (SSSR count). The number of allylic oxidation sites excluding steroid dienone is 1. The summed E-state index contributed by atoms with van der Waals surface area (Å²) in [6.45, 7) is 4.12. The summed E-state index contributed by atoms with van der Waals surface area (Å²) in [5, 5.41) is 21.1. The lowest BCUT2D eigenvalue weighted by Gasteiger charge is -2.18. The summed E-state index contributed by atoms with van der Waals surface area (Å²) < 4.78 is 0. The molecular weight excluding hydrogens is 328 g/mol. The minimum atomic E-state index is -1.38. The molecule has 0 aliphatic carbocycles. The second-order valence-corrected chi connectivity index (χ2v) is 6.49. The predicted molar refractivity (Wildman–Crippen MR) is 104 cm³/mol. The van der Waals surface area contributed by atoms with Crippen LogP contribution in [0.15, 0.2) is 42.0 Å². The Bertz CT molecular complexity index is 817. The lowest BCUT2D eigenvalue weighted by Crippen LogP contribution is -2.15. The molecule has 0 heterocycles. The lowest BCUT2D eigenvalue weighted by molar-refractivity contribution is -0.140. The van der Waals surface area contributed by atoms with E-state index in [1.54, 1.807) is 0 Å². The first-order valence-electron chi connectivity index (χ1n) is 9.21. The molecule has 0 aliphatic heterocycles. The zero-order valence-corrected chi connectivity index (χ0v) is 15.4. The molecule has 2 aromatic carbocycles. The minimum Gasteiger partial charge on any atom is -0.477 e. The zero-order valence-electron chi connectivity index (χ0n) is 15.4. The van der Waals surface area contributed by atoms with E-state index in [2.05, 4.69) is 6.92 Å². The maximum atomic E-state index is 11.7. The smallest absolute Gasteiger partial charge is 0.343 e. The van der Waals surface area contributed by atoms with E-state index in [0.29, 0.717) is 12.0 Å². The van der Waals surface area contributed by atoms with Gasteiger partial charge in [0.15, 0.2) is 0 Å². The van der Waals surface area contributed by atoms with Crippen molar-refractivity contribution in [2.24, 2.45) is 0 Å². The van der Waals surface area contributed by atoms with Gasteiger partial charge in [0.2, 0.25) is 0 Å². The van der Waals surface area contributed by atoms with Crippen LogP contribution in [0, 0.1) is 0 Å². The quantitative estimate of drug-likeness (QED) is 0.364. The third-order valence-electron chi connectivity index (χ3n) is 4.63. The van der Waals surface area contributed by atoms with Gasteiger partial charge in [0.1, 0.15) is 5.57 Å². The molecule has 0 spiro atoms. The van der Waals surface area contributed by atoms with Gasteiger partial charge in [-0.15, -0.1) is 0 Å². The van der Waals surface area contributed by atoms with E-state index in [0.717, 1.165) is 54.0 Å². The highest BCUT2D eigenvalue weighted by Gasteiger charge is 2.25. The monoisotopic (exact) mass is 354 g/mol. The van der Waals surface area contributed by atoms with Crippen LogP contribution < -0.4 is 0 Å². The van der Waals surface area contributed by atoms with Gasteiger partial charge in [-0.25, -0.2) is 9.59 Å². The normalized spacial score (nSPS) is 10.7. The Morgan fingerprint density at radius 3 is 2.15 bits per heavy atom. The van der Waals surface area contributed by atoms with Gasteiger partial charge >= 0.3 is 11.9 Å². The van der Waals surface area contributed by atoms with Crippen LogP contribution in [0.25, 0.3) is 16.3 Å².